The van der Waals surface area contributed by atoms with Crippen LogP contribution >= 0.6 is 11.6 Å². The summed E-state index contributed by atoms with van der Waals surface area (Å²) in [5.74, 6) is -0.332. The van der Waals surface area contributed by atoms with E-state index in [0.717, 1.165) is 19.4 Å². The number of rotatable bonds is 8. The summed E-state index contributed by atoms with van der Waals surface area (Å²) in [4.78, 5) is 47.5. The average Bonchev–Trinajstić information content (AvgIpc) is 3.73. The molecule has 0 unspecified atom stereocenters. The van der Waals surface area contributed by atoms with Crippen LogP contribution in [0.3, 0.4) is 0 Å². The molecule has 12 heteroatoms. The van der Waals surface area contributed by atoms with Crippen LogP contribution in [0.25, 0.3) is 33.2 Å². The van der Waals surface area contributed by atoms with Gasteiger partial charge in [0.1, 0.15) is 11.5 Å². The standard InChI is InChI=1S/C31H33ClFN7O3/c1-5-24(42)39-11-12-40(18(2)15-39)29-20-14-22(33)26(27-25-19(13-23(41)34-27)7-6-8-21(25)32)35-28(20)36-30(37-29)43-17-31(9-10-31)16-38(3)4/h5-8,13-14,18H,1,9-12,15-17H2,2-4H3,(H,34,41)/t18-/m0/s1. The number of nitrogens with zero attached hydrogens (tertiary/aromatic N) is 6. The molecule has 1 saturated carbocycles. The predicted octanol–water partition coefficient (Wildman–Crippen LogP) is 4.27. The van der Waals surface area contributed by atoms with Crippen LogP contribution in [0, 0.1) is 11.2 Å². The molecule has 1 aliphatic carbocycles. The number of anilines is 1. The largest absolute Gasteiger partial charge is 0.463 e. The topological polar surface area (TPSA) is 108 Å². The lowest BCUT2D eigenvalue weighted by molar-refractivity contribution is -0.126. The van der Waals surface area contributed by atoms with E-state index >= 15 is 4.39 Å². The number of halogens is 2. The van der Waals surface area contributed by atoms with Crippen LogP contribution in [0.1, 0.15) is 19.8 Å². The number of carbonyl (C=O) groups excluding carboxylic acids is 1. The first kappa shape index (κ1) is 29.0. The Hall–Kier alpha value is -4.09. The minimum absolute atomic E-state index is 0.0342. The molecule has 1 aromatic carbocycles. The maximum Gasteiger partial charge on any atom is 0.320 e. The third-order valence-electron chi connectivity index (χ3n) is 8.17. The Kier molecular flexibility index (Phi) is 7.55. The van der Waals surface area contributed by atoms with E-state index in [-0.39, 0.29) is 40.4 Å². The molecule has 1 aliphatic heterocycles. The van der Waals surface area contributed by atoms with Crippen molar-refractivity contribution in [2.45, 2.75) is 25.8 Å². The second-order valence-electron chi connectivity index (χ2n) is 11.8. The van der Waals surface area contributed by atoms with Gasteiger partial charge in [0.15, 0.2) is 11.5 Å². The number of carbonyl (C=O) groups is 1. The van der Waals surface area contributed by atoms with Gasteiger partial charge in [-0.15, -0.1) is 0 Å². The number of pyridine rings is 2. The number of nitrogens with one attached hydrogen (secondary N) is 1. The first-order valence-corrected chi connectivity index (χ1v) is 14.6. The Bertz CT molecular complexity index is 1810. The third-order valence-corrected chi connectivity index (χ3v) is 8.48. The summed E-state index contributed by atoms with van der Waals surface area (Å²) in [6.07, 6.45) is 3.40. The highest BCUT2D eigenvalue weighted by Gasteiger charge is 2.44. The molecule has 1 saturated heterocycles. The molecular weight excluding hydrogens is 573 g/mol. The summed E-state index contributed by atoms with van der Waals surface area (Å²) in [5, 5.41) is 1.80. The van der Waals surface area contributed by atoms with E-state index in [1.165, 1.54) is 18.2 Å². The molecular formula is C31H33ClFN7O3. The molecule has 0 spiro atoms. The SMILES string of the molecule is C=CC(=O)N1CCN(c2nc(OCC3(CN(C)C)CC3)nc3nc(-c4[nH]c(=O)cc5cccc(Cl)c45)c(F)cc23)[C@@H](C)C1. The number of amides is 1. The van der Waals surface area contributed by atoms with E-state index in [1.54, 1.807) is 23.1 Å². The normalized spacial score (nSPS) is 18.0. The van der Waals surface area contributed by atoms with Gasteiger partial charge < -0.3 is 24.4 Å². The molecule has 1 N–H and O–H groups in total. The first-order chi connectivity index (χ1) is 20.6. The van der Waals surface area contributed by atoms with Crippen molar-refractivity contribution in [3.8, 4) is 17.4 Å². The van der Waals surface area contributed by atoms with E-state index < -0.39 is 11.4 Å². The molecule has 2 fully saturated rings. The Morgan fingerprint density at radius 1 is 1.26 bits per heavy atom. The molecule has 0 bridgehead atoms. The molecule has 4 heterocycles. The fourth-order valence-electron chi connectivity index (χ4n) is 5.93. The Morgan fingerprint density at radius 3 is 2.74 bits per heavy atom. The number of hydrogen-bond acceptors (Lipinski definition) is 8. The monoisotopic (exact) mass is 605 g/mol. The fourth-order valence-corrected chi connectivity index (χ4v) is 6.21. The molecule has 43 heavy (non-hydrogen) atoms. The zero-order valence-electron chi connectivity index (χ0n) is 24.4. The zero-order chi connectivity index (χ0) is 30.5. The van der Waals surface area contributed by atoms with E-state index in [2.05, 4.69) is 26.4 Å². The number of benzene rings is 1. The smallest absolute Gasteiger partial charge is 0.320 e. The van der Waals surface area contributed by atoms with Gasteiger partial charge in [-0.2, -0.15) is 9.97 Å². The molecule has 10 nitrogen and oxygen atoms in total. The predicted molar refractivity (Wildman–Crippen MR) is 165 cm³/mol. The van der Waals surface area contributed by atoms with Crippen molar-refractivity contribution >= 4 is 45.1 Å². The molecule has 1 atom stereocenters. The Morgan fingerprint density at radius 2 is 2.05 bits per heavy atom. The van der Waals surface area contributed by atoms with Crippen LogP contribution in [-0.4, -0.2) is 88.6 Å². The van der Waals surface area contributed by atoms with Crippen molar-refractivity contribution in [3.05, 3.63) is 64.2 Å². The van der Waals surface area contributed by atoms with Gasteiger partial charge in [-0.1, -0.05) is 30.3 Å². The molecule has 4 aromatic rings. The van der Waals surface area contributed by atoms with E-state index in [9.17, 15) is 9.59 Å². The van der Waals surface area contributed by atoms with Gasteiger partial charge in [-0.3, -0.25) is 9.59 Å². The van der Waals surface area contributed by atoms with Gasteiger partial charge in [0.25, 0.3) is 0 Å². The molecule has 1 amide bonds. The van der Waals surface area contributed by atoms with Gasteiger partial charge in [0.05, 0.1) is 22.7 Å². The second kappa shape index (κ2) is 11.2. The number of aromatic nitrogens is 4. The average molecular weight is 606 g/mol. The van der Waals surface area contributed by atoms with Crippen LogP contribution in [0.2, 0.25) is 5.02 Å². The van der Waals surface area contributed by atoms with Crippen molar-refractivity contribution in [3.63, 3.8) is 0 Å². The van der Waals surface area contributed by atoms with Gasteiger partial charge in [0, 0.05) is 49.1 Å². The van der Waals surface area contributed by atoms with Gasteiger partial charge in [-0.25, -0.2) is 9.37 Å². The summed E-state index contributed by atoms with van der Waals surface area (Å²) in [6, 6.07) is 7.90. The lowest BCUT2D eigenvalue weighted by atomic mass is 10.1. The Balaban J connectivity index is 1.47. The minimum Gasteiger partial charge on any atom is -0.463 e. The van der Waals surface area contributed by atoms with Crippen LogP contribution in [-0.2, 0) is 4.79 Å². The number of piperazine rings is 1. The maximum atomic E-state index is 16.0. The second-order valence-corrected chi connectivity index (χ2v) is 12.2. The van der Waals surface area contributed by atoms with Crippen molar-refractivity contribution in [2.75, 3.05) is 51.8 Å². The quantitative estimate of drug-likeness (QED) is 0.297. The molecule has 3 aromatic heterocycles. The third kappa shape index (κ3) is 5.66. The van der Waals surface area contributed by atoms with Gasteiger partial charge >= 0.3 is 6.01 Å². The highest BCUT2D eigenvalue weighted by atomic mass is 35.5. The van der Waals surface area contributed by atoms with Crippen molar-refractivity contribution in [1.82, 2.24) is 29.7 Å². The van der Waals surface area contributed by atoms with E-state index in [0.29, 0.717) is 53.2 Å². The van der Waals surface area contributed by atoms with Gasteiger partial charge in [0.2, 0.25) is 11.5 Å². The number of hydrogen-bond donors (Lipinski definition) is 1. The zero-order valence-corrected chi connectivity index (χ0v) is 25.1. The number of ether oxygens (including phenoxy) is 1. The highest BCUT2D eigenvalue weighted by molar-refractivity contribution is 6.36. The van der Waals surface area contributed by atoms with E-state index in [4.69, 9.17) is 21.3 Å². The summed E-state index contributed by atoms with van der Waals surface area (Å²) in [6.45, 7) is 8.26. The van der Waals surface area contributed by atoms with Gasteiger partial charge in [-0.05, 0) is 57.5 Å². The molecule has 6 rings (SSSR count). The van der Waals surface area contributed by atoms with Crippen LogP contribution in [0.5, 0.6) is 6.01 Å². The number of aromatic amines is 1. The lowest BCUT2D eigenvalue weighted by Crippen LogP contribution is -2.53. The molecule has 0 radical (unpaired) electrons. The van der Waals surface area contributed by atoms with Crippen molar-refractivity contribution in [1.29, 1.82) is 0 Å². The van der Waals surface area contributed by atoms with Crippen molar-refractivity contribution in [2.24, 2.45) is 5.41 Å². The van der Waals surface area contributed by atoms with Crippen LogP contribution < -0.4 is 15.2 Å². The lowest BCUT2D eigenvalue weighted by Gasteiger charge is -2.40. The highest BCUT2D eigenvalue weighted by Crippen LogP contribution is 2.46. The summed E-state index contributed by atoms with van der Waals surface area (Å²) < 4.78 is 22.2. The first-order valence-electron chi connectivity index (χ1n) is 14.2. The summed E-state index contributed by atoms with van der Waals surface area (Å²) >= 11 is 6.51. The van der Waals surface area contributed by atoms with Crippen LogP contribution in [0.15, 0.2) is 47.8 Å². The fraction of sp³-hybridized carbons (Fsp3) is 0.387. The minimum atomic E-state index is -0.662. The Labute approximate surface area is 253 Å². The summed E-state index contributed by atoms with van der Waals surface area (Å²) in [7, 11) is 4.07. The molecule has 2 aliphatic rings. The van der Waals surface area contributed by atoms with E-state index in [1.807, 2.05) is 25.9 Å². The number of H-pyrrole nitrogens is 1. The molecule has 224 valence electrons. The maximum absolute atomic E-state index is 16.0. The number of fused-ring (bicyclic) bond motifs is 2. The summed E-state index contributed by atoms with van der Waals surface area (Å²) in [5.41, 5.74) is -0.0695. The van der Waals surface area contributed by atoms with Crippen molar-refractivity contribution < 1.29 is 13.9 Å². The van der Waals surface area contributed by atoms with Crippen LogP contribution in [0.4, 0.5) is 10.2 Å².